The van der Waals surface area contributed by atoms with E-state index in [1.807, 2.05) is 30.5 Å². The number of likely N-dealkylation sites (tertiary alicyclic amines) is 1. The van der Waals surface area contributed by atoms with Gasteiger partial charge in [0.25, 0.3) is 0 Å². The van der Waals surface area contributed by atoms with E-state index in [0.29, 0.717) is 6.54 Å². The lowest BCUT2D eigenvalue weighted by Crippen LogP contribution is -2.41. The Hall–Kier alpha value is -2.20. The van der Waals surface area contributed by atoms with Crippen molar-refractivity contribution in [2.75, 3.05) is 19.6 Å². The molecule has 1 amide bonds. The Labute approximate surface area is 156 Å². The maximum absolute atomic E-state index is 13.0. The van der Waals surface area contributed by atoms with Crippen molar-refractivity contribution in [1.82, 2.24) is 14.8 Å². The molecule has 2 heterocycles. The molecule has 26 heavy (non-hydrogen) atoms. The number of carbonyl (C=O) groups excluding carboxylic acids is 1. The molecule has 1 aromatic heterocycles. The molecule has 2 aromatic rings. The summed E-state index contributed by atoms with van der Waals surface area (Å²) in [6, 6.07) is 16.4. The second kappa shape index (κ2) is 9.48. The summed E-state index contributed by atoms with van der Waals surface area (Å²) in [4.78, 5) is 21.8. The largest absolute Gasteiger partial charge is 0.342 e. The van der Waals surface area contributed by atoms with Gasteiger partial charge in [0, 0.05) is 25.8 Å². The summed E-state index contributed by atoms with van der Waals surface area (Å²) < 4.78 is 0. The molecule has 1 aliphatic heterocycles. The molecule has 0 aliphatic carbocycles. The van der Waals surface area contributed by atoms with Crippen LogP contribution < -0.4 is 0 Å². The molecular formula is C22H29N3O. The minimum absolute atomic E-state index is 0.0901. The fraction of sp³-hybridized carbons (Fsp3) is 0.455. The van der Waals surface area contributed by atoms with Crippen LogP contribution in [-0.4, -0.2) is 40.3 Å². The van der Waals surface area contributed by atoms with Gasteiger partial charge in [0.15, 0.2) is 0 Å². The van der Waals surface area contributed by atoms with Gasteiger partial charge in [0.1, 0.15) is 0 Å². The summed E-state index contributed by atoms with van der Waals surface area (Å²) in [5, 5.41) is 0. The van der Waals surface area contributed by atoms with Crippen LogP contribution in [0.3, 0.4) is 0 Å². The third-order valence-electron chi connectivity index (χ3n) is 5.19. The van der Waals surface area contributed by atoms with E-state index in [2.05, 4.69) is 46.0 Å². The topological polar surface area (TPSA) is 36.4 Å². The van der Waals surface area contributed by atoms with Crippen LogP contribution in [0.5, 0.6) is 0 Å². The molecule has 4 nitrogen and oxygen atoms in total. The molecule has 0 bridgehead atoms. The maximum Gasteiger partial charge on any atom is 0.236 e. The van der Waals surface area contributed by atoms with Crippen LogP contribution >= 0.6 is 0 Å². The van der Waals surface area contributed by atoms with Gasteiger partial charge in [0.05, 0.1) is 18.3 Å². The lowest BCUT2D eigenvalue weighted by molar-refractivity contribution is -0.133. The van der Waals surface area contributed by atoms with Crippen molar-refractivity contribution in [3.05, 3.63) is 66.0 Å². The molecule has 0 spiro atoms. The van der Waals surface area contributed by atoms with Gasteiger partial charge in [-0.2, -0.15) is 0 Å². The number of hydrogen-bond donors (Lipinski definition) is 0. The number of hydrogen-bond acceptors (Lipinski definition) is 3. The molecule has 4 heteroatoms. The molecule has 3 rings (SSSR count). The summed E-state index contributed by atoms with van der Waals surface area (Å²) in [5.74, 6) is 0.241. The van der Waals surface area contributed by atoms with Crippen LogP contribution in [0.4, 0.5) is 0 Å². The molecule has 0 saturated carbocycles. The van der Waals surface area contributed by atoms with Crippen molar-refractivity contribution in [2.45, 2.75) is 45.2 Å². The Morgan fingerprint density at radius 1 is 1.04 bits per heavy atom. The van der Waals surface area contributed by atoms with Crippen LogP contribution in [0, 0.1) is 0 Å². The van der Waals surface area contributed by atoms with E-state index < -0.39 is 0 Å². The minimum Gasteiger partial charge on any atom is -0.342 e. The Balaban J connectivity index is 1.74. The Morgan fingerprint density at radius 3 is 2.38 bits per heavy atom. The lowest BCUT2D eigenvalue weighted by atomic mass is 10.1. The average molecular weight is 351 g/mol. The van der Waals surface area contributed by atoms with E-state index >= 15 is 0 Å². The number of aromatic nitrogens is 1. The van der Waals surface area contributed by atoms with Gasteiger partial charge in [-0.1, -0.05) is 49.2 Å². The van der Waals surface area contributed by atoms with Crippen molar-refractivity contribution >= 4 is 5.91 Å². The third-order valence-corrected chi connectivity index (χ3v) is 5.19. The van der Waals surface area contributed by atoms with E-state index in [0.717, 1.165) is 38.2 Å². The highest BCUT2D eigenvalue weighted by Crippen LogP contribution is 2.21. The van der Waals surface area contributed by atoms with E-state index in [1.54, 1.807) is 0 Å². The SMILES string of the molecule is C[C@@H](c1ccccn1)N(CC(=O)N1CCCCCC1)Cc1ccccc1. The number of rotatable bonds is 6. The van der Waals surface area contributed by atoms with Gasteiger partial charge in [0.2, 0.25) is 5.91 Å². The van der Waals surface area contributed by atoms with Crippen LogP contribution in [0.2, 0.25) is 0 Å². The average Bonchev–Trinajstić information content (AvgIpc) is 2.98. The molecule has 1 aromatic carbocycles. The zero-order chi connectivity index (χ0) is 18.2. The van der Waals surface area contributed by atoms with Crippen LogP contribution in [0.25, 0.3) is 0 Å². The van der Waals surface area contributed by atoms with Crippen LogP contribution in [-0.2, 0) is 11.3 Å². The van der Waals surface area contributed by atoms with E-state index in [4.69, 9.17) is 0 Å². The Bertz CT molecular complexity index is 666. The summed E-state index contributed by atoms with van der Waals surface area (Å²) in [5.41, 5.74) is 2.23. The highest BCUT2D eigenvalue weighted by molar-refractivity contribution is 5.78. The van der Waals surface area contributed by atoms with Gasteiger partial charge in [-0.25, -0.2) is 0 Å². The molecular weight excluding hydrogens is 322 g/mol. The number of pyridine rings is 1. The standard InChI is InChI=1S/C22H29N3O/c1-19(21-13-7-8-14-23-21)25(17-20-11-5-4-6-12-20)18-22(26)24-15-9-2-3-10-16-24/h4-8,11-14,19H,2-3,9-10,15-18H2,1H3/t19-/m0/s1. The Kier molecular flexibility index (Phi) is 6.78. The van der Waals surface area contributed by atoms with Crippen molar-refractivity contribution in [2.24, 2.45) is 0 Å². The summed E-state index contributed by atoms with van der Waals surface area (Å²) >= 11 is 0. The maximum atomic E-state index is 13.0. The summed E-state index contributed by atoms with van der Waals surface area (Å²) in [6.45, 7) is 5.12. The Morgan fingerprint density at radius 2 is 1.73 bits per heavy atom. The second-order valence-corrected chi connectivity index (χ2v) is 7.12. The van der Waals surface area contributed by atoms with E-state index in [-0.39, 0.29) is 11.9 Å². The first-order chi connectivity index (χ1) is 12.7. The highest BCUT2D eigenvalue weighted by atomic mass is 16.2. The molecule has 0 radical (unpaired) electrons. The molecule has 0 N–H and O–H groups in total. The monoisotopic (exact) mass is 351 g/mol. The molecule has 1 aliphatic rings. The molecule has 1 atom stereocenters. The van der Waals surface area contributed by atoms with Crippen LogP contribution in [0.1, 0.15) is 49.9 Å². The van der Waals surface area contributed by atoms with E-state index in [9.17, 15) is 4.79 Å². The predicted octanol–water partition coefficient (Wildman–Crippen LogP) is 4.05. The molecule has 0 unspecified atom stereocenters. The number of benzene rings is 1. The first kappa shape index (κ1) is 18.6. The first-order valence-corrected chi connectivity index (χ1v) is 9.71. The van der Waals surface area contributed by atoms with Gasteiger partial charge >= 0.3 is 0 Å². The van der Waals surface area contributed by atoms with Gasteiger partial charge in [-0.05, 0) is 37.5 Å². The molecule has 1 saturated heterocycles. The molecule has 1 fully saturated rings. The molecule has 138 valence electrons. The summed E-state index contributed by atoms with van der Waals surface area (Å²) in [6.07, 6.45) is 6.55. The van der Waals surface area contributed by atoms with Crippen LogP contribution in [0.15, 0.2) is 54.7 Å². The zero-order valence-corrected chi connectivity index (χ0v) is 15.7. The van der Waals surface area contributed by atoms with Crippen molar-refractivity contribution in [3.63, 3.8) is 0 Å². The highest BCUT2D eigenvalue weighted by Gasteiger charge is 2.23. The van der Waals surface area contributed by atoms with Crippen molar-refractivity contribution < 1.29 is 4.79 Å². The number of nitrogens with zero attached hydrogens (tertiary/aromatic N) is 3. The zero-order valence-electron chi connectivity index (χ0n) is 15.7. The van der Waals surface area contributed by atoms with Gasteiger partial charge < -0.3 is 4.90 Å². The third kappa shape index (κ3) is 5.15. The second-order valence-electron chi connectivity index (χ2n) is 7.12. The quantitative estimate of drug-likeness (QED) is 0.788. The van der Waals surface area contributed by atoms with E-state index in [1.165, 1.54) is 18.4 Å². The normalized spacial score (nSPS) is 16.3. The fourth-order valence-electron chi connectivity index (χ4n) is 3.55. The number of amides is 1. The van der Waals surface area contributed by atoms with Gasteiger partial charge in [-0.3, -0.25) is 14.7 Å². The van der Waals surface area contributed by atoms with Crippen molar-refractivity contribution in [3.8, 4) is 0 Å². The fourth-order valence-corrected chi connectivity index (χ4v) is 3.55. The minimum atomic E-state index is 0.0901. The lowest BCUT2D eigenvalue weighted by Gasteiger charge is -2.31. The van der Waals surface area contributed by atoms with Gasteiger partial charge in [-0.15, -0.1) is 0 Å². The number of carbonyl (C=O) groups is 1. The summed E-state index contributed by atoms with van der Waals surface area (Å²) in [7, 11) is 0. The van der Waals surface area contributed by atoms with Crippen molar-refractivity contribution in [1.29, 1.82) is 0 Å². The predicted molar refractivity (Wildman–Crippen MR) is 105 cm³/mol. The first-order valence-electron chi connectivity index (χ1n) is 9.71. The smallest absolute Gasteiger partial charge is 0.236 e.